The first-order chi connectivity index (χ1) is 8.88. The average Bonchev–Trinajstić information content (AvgIpc) is 2.47. The van der Waals surface area contributed by atoms with E-state index in [4.69, 9.17) is 0 Å². The average molecular weight is 428 g/mol. The van der Waals surface area contributed by atoms with Gasteiger partial charge in [-0.15, -0.1) is 35.9 Å². The number of benzene rings is 2. The smallest absolute Gasteiger partial charge is 0.131 e. The Balaban J connectivity index is 0.00000133. The summed E-state index contributed by atoms with van der Waals surface area (Å²) in [6.07, 6.45) is 0. The van der Waals surface area contributed by atoms with Crippen molar-refractivity contribution in [2.75, 3.05) is 0 Å². The second kappa shape index (κ2) is 6.05. The van der Waals surface area contributed by atoms with E-state index in [0.717, 1.165) is 22.0 Å². The molecule has 1 aromatic heterocycles. The molecule has 1 heterocycles. The van der Waals surface area contributed by atoms with Crippen molar-refractivity contribution >= 4 is 10.9 Å². The van der Waals surface area contributed by atoms with Crippen LogP contribution in [0.25, 0.3) is 22.0 Å². The third-order valence-corrected chi connectivity index (χ3v) is 2.91. The van der Waals surface area contributed by atoms with Gasteiger partial charge in [0.05, 0.1) is 5.69 Å². The Morgan fingerprint density at radius 3 is 2.63 bits per heavy atom. The Bertz CT molecular complexity index is 683. The molecule has 0 aliphatic rings. The maximum Gasteiger partial charge on any atom is 0.131 e. The van der Waals surface area contributed by atoms with Gasteiger partial charge in [0.2, 0.25) is 0 Å². The van der Waals surface area contributed by atoms with Crippen LogP contribution in [-0.2, 0) is 26.8 Å². The number of halogens is 1. The van der Waals surface area contributed by atoms with Gasteiger partial charge in [-0.3, -0.25) is 4.98 Å². The maximum absolute atomic E-state index is 12.7. The topological polar surface area (TPSA) is 12.9 Å². The van der Waals surface area contributed by atoms with E-state index < -0.39 is 6.67 Å². The number of fused-ring (bicyclic) bond motifs is 1. The van der Waals surface area contributed by atoms with Gasteiger partial charge >= 0.3 is 0 Å². The van der Waals surface area contributed by atoms with Gasteiger partial charge in [-0.05, 0) is 11.5 Å². The number of aromatic nitrogens is 1. The van der Waals surface area contributed by atoms with Crippen molar-refractivity contribution < 1.29 is 24.5 Å². The van der Waals surface area contributed by atoms with Crippen molar-refractivity contribution in [2.24, 2.45) is 0 Å². The van der Waals surface area contributed by atoms with Gasteiger partial charge in [0.15, 0.2) is 0 Å². The normalized spacial score (nSPS) is 10.2. The molecule has 3 heteroatoms. The summed E-state index contributed by atoms with van der Waals surface area (Å²) in [7, 11) is 0. The van der Waals surface area contributed by atoms with Crippen molar-refractivity contribution in [1.29, 1.82) is 0 Å². The number of nitrogens with zero attached hydrogens (tertiary/aromatic N) is 1. The molecule has 3 aromatic rings. The molecule has 0 aliphatic carbocycles. The fourth-order valence-corrected chi connectivity index (χ4v) is 2.04. The minimum Gasteiger partial charge on any atom is -0.259 e. The number of para-hydroxylation sites is 1. The van der Waals surface area contributed by atoms with Crippen molar-refractivity contribution in [1.82, 2.24) is 4.98 Å². The number of alkyl halides is 1. The van der Waals surface area contributed by atoms with Crippen molar-refractivity contribution in [3.05, 3.63) is 66.4 Å². The van der Waals surface area contributed by atoms with Gasteiger partial charge in [-0.25, -0.2) is 4.39 Å². The van der Waals surface area contributed by atoms with Crippen LogP contribution in [0, 0.1) is 6.07 Å². The fraction of sp³-hybridized carbons (Fsp3) is 0.0625. The summed E-state index contributed by atoms with van der Waals surface area (Å²) in [6, 6.07) is 20.5. The second-order valence-corrected chi connectivity index (χ2v) is 4.09. The molecule has 0 N–H and O–H groups in total. The van der Waals surface area contributed by atoms with Crippen LogP contribution in [0.1, 0.15) is 5.69 Å². The van der Waals surface area contributed by atoms with Gasteiger partial charge in [0, 0.05) is 25.6 Å². The molecular formula is C16H11FIrN-. The van der Waals surface area contributed by atoms with E-state index in [1.165, 1.54) is 0 Å². The minimum atomic E-state index is -0.539. The van der Waals surface area contributed by atoms with Crippen LogP contribution in [0.5, 0.6) is 0 Å². The summed E-state index contributed by atoms with van der Waals surface area (Å²) >= 11 is 0. The molecular weight excluding hydrogens is 417 g/mol. The molecule has 0 aliphatic heterocycles. The van der Waals surface area contributed by atoms with E-state index in [2.05, 4.69) is 11.1 Å². The summed E-state index contributed by atoms with van der Waals surface area (Å²) < 4.78 is 12.7. The minimum absolute atomic E-state index is 0. The number of hydrogen-bond donors (Lipinski definition) is 0. The number of pyridine rings is 1. The van der Waals surface area contributed by atoms with Crippen LogP contribution >= 0.6 is 0 Å². The number of rotatable bonds is 2. The Labute approximate surface area is 124 Å². The van der Waals surface area contributed by atoms with Gasteiger partial charge < -0.3 is 0 Å². The zero-order valence-corrected chi connectivity index (χ0v) is 12.5. The van der Waals surface area contributed by atoms with E-state index in [1.54, 1.807) is 6.07 Å². The van der Waals surface area contributed by atoms with Crippen molar-refractivity contribution in [3.8, 4) is 11.1 Å². The largest absolute Gasteiger partial charge is 0.259 e. The van der Waals surface area contributed by atoms with E-state index in [0.29, 0.717) is 5.69 Å². The predicted molar refractivity (Wildman–Crippen MR) is 70.8 cm³/mol. The molecule has 97 valence electrons. The molecule has 1 nitrogen and oxygen atoms in total. The van der Waals surface area contributed by atoms with Gasteiger partial charge in [0.25, 0.3) is 0 Å². The Morgan fingerprint density at radius 1 is 1.00 bits per heavy atom. The first-order valence-corrected chi connectivity index (χ1v) is 5.80. The van der Waals surface area contributed by atoms with Gasteiger partial charge in [0.1, 0.15) is 6.67 Å². The Morgan fingerprint density at radius 2 is 1.89 bits per heavy atom. The summed E-state index contributed by atoms with van der Waals surface area (Å²) in [4.78, 5) is 4.38. The van der Waals surface area contributed by atoms with Crippen LogP contribution in [0.4, 0.5) is 4.39 Å². The first kappa shape index (κ1) is 13.9. The Kier molecular flexibility index (Phi) is 4.41. The standard InChI is InChI=1S/C16H11FN.Ir/c17-11-14-10-9-13-7-4-8-15(16(13)18-14)12-5-2-1-3-6-12;/h1-5,7-10H,11H2;/q-1;. The molecule has 19 heavy (non-hydrogen) atoms. The van der Waals surface area contributed by atoms with Crippen LogP contribution in [-0.4, -0.2) is 4.98 Å². The zero-order chi connectivity index (χ0) is 12.4. The second-order valence-electron chi connectivity index (χ2n) is 4.09. The summed E-state index contributed by atoms with van der Waals surface area (Å²) in [5, 5.41) is 1.02. The third-order valence-electron chi connectivity index (χ3n) is 2.91. The van der Waals surface area contributed by atoms with Gasteiger partial charge in [-0.2, -0.15) is 0 Å². The van der Waals surface area contributed by atoms with Crippen molar-refractivity contribution in [3.63, 3.8) is 0 Å². The van der Waals surface area contributed by atoms with E-state index in [-0.39, 0.29) is 20.1 Å². The fourth-order valence-electron chi connectivity index (χ4n) is 2.04. The van der Waals surface area contributed by atoms with Crippen LogP contribution in [0.15, 0.2) is 54.6 Å². The number of hydrogen-bond acceptors (Lipinski definition) is 1. The van der Waals surface area contributed by atoms with Gasteiger partial charge in [-0.1, -0.05) is 29.8 Å². The van der Waals surface area contributed by atoms with Crippen LogP contribution in [0.2, 0.25) is 0 Å². The molecule has 0 amide bonds. The SMILES string of the molecule is FCc1ccc2cccc(-c3[c-]cccc3)c2n1.[Ir]. The molecule has 0 bridgehead atoms. The van der Waals surface area contributed by atoms with E-state index >= 15 is 0 Å². The molecule has 2 aromatic carbocycles. The molecule has 0 spiro atoms. The predicted octanol–water partition coefficient (Wildman–Crippen LogP) is 4.17. The quantitative estimate of drug-likeness (QED) is 0.559. The summed E-state index contributed by atoms with van der Waals surface area (Å²) in [5.74, 6) is 0. The molecule has 0 saturated carbocycles. The summed E-state index contributed by atoms with van der Waals surface area (Å²) in [5.41, 5.74) is 3.26. The van der Waals surface area contributed by atoms with E-state index in [9.17, 15) is 4.39 Å². The zero-order valence-electron chi connectivity index (χ0n) is 10.1. The van der Waals surface area contributed by atoms with E-state index in [1.807, 2.05) is 48.5 Å². The molecule has 0 saturated heterocycles. The van der Waals surface area contributed by atoms with Crippen LogP contribution in [0.3, 0.4) is 0 Å². The summed E-state index contributed by atoms with van der Waals surface area (Å²) in [6.45, 7) is -0.539. The monoisotopic (exact) mass is 429 g/mol. The molecule has 0 atom stereocenters. The molecule has 1 radical (unpaired) electrons. The molecule has 0 unspecified atom stereocenters. The third kappa shape index (κ3) is 2.73. The van der Waals surface area contributed by atoms with Crippen LogP contribution < -0.4 is 0 Å². The Hall–Kier alpha value is -1.57. The van der Waals surface area contributed by atoms with Crippen molar-refractivity contribution in [2.45, 2.75) is 6.67 Å². The molecule has 3 rings (SSSR count). The maximum atomic E-state index is 12.7. The first-order valence-electron chi connectivity index (χ1n) is 5.80. The molecule has 0 fully saturated rings.